The van der Waals surface area contributed by atoms with E-state index in [0.717, 1.165) is 24.3 Å². The molecule has 4 heterocycles. The summed E-state index contributed by atoms with van der Waals surface area (Å²) in [4.78, 5) is 27.9. The van der Waals surface area contributed by atoms with Gasteiger partial charge in [0.25, 0.3) is 0 Å². The molecule has 0 aliphatic carbocycles. The number of fused-ring (bicyclic) bond motifs is 6. The van der Waals surface area contributed by atoms with E-state index in [-0.39, 0.29) is 42.4 Å². The van der Waals surface area contributed by atoms with Crippen molar-refractivity contribution in [2.24, 2.45) is 0 Å². The highest BCUT2D eigenvalue weighted by molar-refractivity contribution is 5.88. The molecule has 4 aromatic heterocycles. The number of benzene rings is 2. The minimum absolute atomic E-state index is 0.0224. The van der Waals surface area contributed by atoms with Crippen LogP contribution in [0.15, 0.2) is 48.8 Å². The van der Waals surface area contributed by atoms with Crippen molar-refractivity contribution < 1.29 is 46.5 Å². The molecule has 0 amide bonds. The van der Waals surface area contributed by atoms with Crippen molar-refractivity contribution in [3.8, 4) is 0 Å². The number of aliphatic hydroxyl groups is 3. The molecule has 0 unspecified atom stereocenters. The van der Waals surface area contributed by atoms with Crippen LogP contribution in [0.1, 0.15) is 40.2 Å². The van der Waals surface area contributed by atoms with Gasteiger partial charge in [0.15, 0.2) is 29.2 Å². The fourth-order valence-electron chi connectivity index (χ4n) is 4.91. The summed E-state index contributed by atoms with van der Waals surface area (Å²) in [6, 6.07) is 6.40. The predicted octanol–water partition coefficient (Wildman–Crippen LogP) is 4.70. The first-order chi connectivity index (χ1) is 22.9. The third-order valence-electron chi connectivity index (χ3n) is 7.14. The third kappa shape index (κ3) is 6.95. The smallest absolute Gasteiger partial charge is 0.396 e. The van der Waals surface area contributed by atoms with Gasteiger partial charge >= 0.3 is 12.4 Å². The van der Waals surface area contributed by atoms with Crippen LogP contribution < -0.4 is 10.6 Å². The molecule has 0 radical (unpaired) electrons. The number of nitrogens with one attached hydrogen (secondary N) is 2. The van der Waals surface area contributed by atoms with Gasteiger partial charge in [0.05, 0.1) is 57.9 Å². The van der Waals surface area contributed by atoms with E-state index in [1.165, 1.54) is 28.9 Å². The number of aromatic nitrogens is 6. The van der Waals surface area contributed by atoms with Gasteiger partial charge in [-0.25, -0.2) is 19.9 Å². The maximum Gasteiger partial charge on any atom is 0.416 e. The number of carbonyl (C=O) groups excluding carboxylic acids is 1. The Bertz CT molecular complexity index is 2080. The number of aldehydes is 1. The normalized spacial score (nSPS) is 12.1. The molecule has 48 heavy (non-hydrogen) atoms. The van der Waals surface area contributed by atoms with Gasteiger partial charge in [0.2, 0.25) is 0 Å². The molecule has 0 spiro atoms. The number of anilines is 2. The van der Waals surface area contributed by atoms with Crippen molar-refractivity contribution in [3.05, 3.63) is 71.3 Å². The molecule has 12 nitrogen and oxygen atoms in total. The monoisotopic (exact) mass is 678 g/mol. The van der Waals surface area contributed by atoms with Crippen LogP contribution in [0.4, 0.5) is 38.0 Å². The molecule has 6 rings (SSSR count). The first kappa shape index (κ1) is 34.3. The molecule has 0 saturated heterocycles. The lowest BCUT2D eigenvalue weighted by Gasteiger charge is -2.12. The quantitative estimate of drug-likeness (QED) is 0.0781. The Hall–Kier alpha value is -5.07. The Balaban J connectivity index is 0.000000188. The van der Waals surface area contributed by atoms with Crippen molar-refractivity contribution in [1.82, 2.24) is 28.7 Å². The van der Waals surface area contributed by atoms with E-state index in [9.17, 15) is 36.2 Å². The largest absolute Gasteiger partial charge is 0.416 e. The Morgan fingerprint density at radius 3 is 1.65 bits per heavy atom. The second-order valence-corrected chi connectivity index (χ2v) is 10.4. The molecule has 2 aromatic carbocycles. The van der Waals surface area contributed by atoms with E-state index in [1.54, 1.807) is 4.40 Å². The Morgan fingerprint density at radius 1 is 0.708 bits per heavy atom. The number of hydrogen-bond donors (Lipinski definition) is 5. The number of aliphatic hydroxyl groups excluding tert-OH is 3. The number of rotatable bonds is 10. The SMILES string of the molecule is O=Cc1cnc2c(NCCCO)nc3cc(C(F)(F)F)ccc3n12.OCCCNc1nc2cc(C(F)(F)F)ccc2n2c(CO)cnc12. The molecule has 0 fully saturated rings. The van der Waals surface area contributed by atoms with Crippen LogP contribution in [0, 0.1) is 0 Å². The molecule has 18 heteroatoms. The van der Waals surface area contributed by atoms with Crippen molar-refractivity contribution in [3.63, 3.8) is 0 Å². The zero-order valence-electron chi connectivity index (χ0n) is 24.8. The van der Waals surface area contributed by atoms with E-state index in [2.05, 4.69) is 30.6 Å². The zero-order chi connectivity index (χ0) is 34.6. The lowest BCUT2D eigenvalue weighted by molar-refractivity contribution is -0.138. The Kier molecular flexibility index (Phi) is 9.97. The molecule has 254 valence electrons. The number of imidazole rings is 2. The zero-order valence-corrected chi connectivity index (χ0v) is 24.8. The van der Waals surface area contributed by atoms with E-state index < -0.39 is 23.5 Å². The first-order valence-electron chi connectivity index (χ1n) is 14.4. The molecule has 6 aromatic rings. The highest BCUT2D eigenvalue weighted by atomic mass is 19.4. The standard InChI is InChI=1S/C15H15F3N4O2.C15H13F3N4O2/c2*16-15(17,18)9-2-3-12-11(6-9)21-13(19-4-1-5-23)14-20-7-10(8-24)22(12)14/h2-3,6-7,23-24H,1,4-5,8H2,(H,19,21);2-3,6-8,23H,1,4-5H2,(H,19,21). The maximum atomic E-state index is 12.9. The molecular formula is C30H28F6N8O4. The minimum Gasteiger partial charge on any atom is -0.396 e. The highest BCUT2D eigenvalue weighted by Gasteiger charge is 2.32. The van der Waals surface area contributed by atoms with E-state index >= 15 is 0 Å². The second kappa shape index (κ2) is 14.0. The third-order valence-corrected chi connectivity index (χ3v) is 7.14. The van der Waals surface area contributed by atoms with Gasteiger partial charge in [0, 0.05) is 26.3 Å². The lowest BCUT2D eigenvalue weighted by atomic mass is 10.2. The topological polar surface area (TPSA) is 162 Å². The molecule has 0 aliphatic heterocycles. The summed E-state index contributed by atoms with van der Waals surface area (Å²) in [6.45, 7) is 0.393. The van der Waals surface area contributed by atoms with Crippen LogP contribution in [-0.2, 0) is 19.0 Å². The molecule has 0 saturated carbocycles. The summed E-state index contributed by atoms with van der Waals surface area (Å²) >= 11 is 0. The summed E-state index contributed by atoms with van der Waals surface area (Å²) < 4.78 is 80.6. The maximum absolute atomic E-state index is 12.9. The van der Waals surface area contributed by atoms with Crippen molar-refractivity contribution in [2.75, 3.05) is 36.9 Å². The average Bonchev–Trinajstić information content (AvgIpc) is 3.69. The molecule has 0 aliphatic rings. The van der Waals surface area contributed by atoms with E-state index in [1.807, 2.05) is 0 Å². The van der Waals surface area contributed by atoms with Crippen LogP contribution in [0.5, 0.6) is 0 Å². The van der Waals surface area contributed by atoms with Crippen molar-refractivity contribution in [1.29, 1.82) is 0 Å². The van der Waals surface area contributed by atoms with Gasteiger partial charge in [-0.3, -0.25) is 13.6 Å². The molecule has 0 atom stereocenters. The van der Waals surface area contributed by atoms with E-state index in [0.29, 0.717) is 66.1 Å². The van der Waals surface area contributed by atoms with Gasteiger partial charge in [-0.05, 0) is 49.2 Å². The average molecular weight is 679 g/mol. The highest BCUT2D eigenvalue weighted by Crippen LogP contribution is 2.34. The molecule has 0 bridgehead atoms. The summed E-state index contributed by atoms with van der Waals surface area (Å²) in [5, 5.41) is 33.0. The van der Waals surface area contributed by atoms with Crippen LogP contribution in [0.3, 0.4) is 0 Å². The van der Waals surface area contributed by atoms with E-state index in [4.69, 9.17) is 10.2 Å². The van der Waals surface area contributed by atoms with Gasteiger partial charge in [-0.2, -0.15) is 26.3 Å². The summed E-state index contributed by atoms with van der Waals surface area (Å²) in [6.07, 6.45) is -4.70. The predicted molar refractivity (Wildman–Crippen MR) is 163 cm³/mol. The Morgan fingerprint density at radius 2 is 1.19 bits per heavy atom. The van der Waals surface area contributed by atoms with Crippen molar-refractivity contribution in [2.45, 2.75) is 31.8 Å². The number of nitrogens with zero attached hydrogens (tertiary/aromatic N) is 6. The molecular weight excluding hydrogens is 650 g/mol. The van der Waals surface area contributed by atoms with Crippen LogP contribution in [0.2, 0.25) is 0 Å². The number of carbonyl (C=O) groups is 1. The Labute approximate surface area is 266 Å². The molecule has 5 N–H and O–H groups in total. The van der Waals surface area contributed by atoms with Crippen molar-refractivity contribution >= 4 is 51.3 Å². The van der Waals surface area contributed by atoms with Gasteiger partial charge in [-0.1, -0.05) is 0 Å². The fraction of sp³-hybridized carbons (Fsp3) is 0.300. The summed E-state index contributed by atoms with van der Waals surface area (Å²) in [7, 11) is 0. The number of halogens is 6. The first-order valence-corrected chi connectivity index (χ1v) is 14.4. The minimum atomic E-state index is -4.49. The number of hydrogen-bond acceptors (Lipinski definition) is 10. The summed E-state index contributed by atoms with van der Waals surface area (Å²) in [5.74, 6) is 0.554. The van der Waals surface area contributed by atoms with Gasteiger partial charge in [0.1, 0.15) is 5.69 Å². The van der Waals surface area contributed by atoms with Gasteiger partial charge in [-0.15, -0.1) is 0 Å². The summed E-state index contributed by atoms with van der Waals surface area (Å²) in [5.41, 5.74) is 0.778. The lowest BCUT2D eigenvalue weighted by Crippen LogP contribution is -2.09. The van der Waals surface area contributed by atoms with Crippen LogP contribution in [0.25, 0.3) is 33.4 Å². The number of alkyl halides is 6. The van der Waals surface area contributed by atoms with Crippen LogP contribution in [-0.4, -0.2) is 76.6 Å². The second-order valence-electron chi connectivity index (χ2n) is 10.4. The van der Waals surface area contributed by atoms with Crippen LogP contribution >= 0.6 is 0 Å². The fourth-order valence-corrected chi connectivity index (χ4v) is 4.91. The van der Waals surface area contributed by atoms with Gasteiger partial charge < -0.3 is 26.0 Å².